The molecule has 1 aliphatic heterocycles. The molecule has 0 aromatic rings. The highest BCUT2D eigenvalue weighted by atomic mass is 19.0. The van der Waals surface area contributed by atoms with E-state index in [-0.39, 0.29) is 4.70 Å². The zero-order chi connectivity index (χ0) is 12.3. The number of unbranched alkanes of at least 4 members (excludes halogenated alkanes) is 6. The number of likely N-dealkylation sites (tertiary alicyclic amines) is 1. The summed E-state index contributed by atoms with van der Waals surface area (Å²) in [6, 6.07) is 0. The molecule has 0 aromatic carbocycles. The second kappa shape index (κ2) is 12.0. The minimum Gasteiger partial charge on any atom is -0.303 e. The molecule has 0 radical (unpaired) electrons. The highest BCUT2D eigenvalue weighted by molar-refractivity contribution is 4.71. The first kappa shape index (κ1) is 17.9. The first-order valence-electron chi connectivity index (χ1n) is 8.09. The Morgan fingerprint density at radius 2 is 1.61 bits per heavy atom. The molecule has 0 aliphatic carbocycles. The molecule has 0 saturated carbocycles. The Labute approximate surface area is 114 Å². The molecule has 1 rings (SSSR count). The van der Waals surface area contributed by atoms with Crippen LogP contribution in [0.3, 0.4) is 0 Å². The van der Waals surface area contributed by atoms with E-state index in [1.165, 1.54) is 83.8 Å². The largest absolute Gasteiger partial charge is 0.303 e. The van der Waals surface area contributed by atoms with Crippen LogP contribution in [0.1, 0.15) is 78.1 Å². The fraction of sp³-hybridized carbons (Fsp3) is 1.00. The highest BCUT2D eigenvalue weighted by Crippen LogP contribution is 2.19. The van der Waals surface area contributed by atoms with Crippen LogP contribution in [0.5, 0.6) is 0 Å². The molecule has 0 bridgehead atoms. The molecule has 1 heterocycles. The van der Waals surface area contributed by atoms with Gasteiger partial charge < -0.3 is 4.90 Å². The van der Waals surface area contributed by atoms with E-state index in [2.05, 4.69) is 18.7 Å². The summed E-state index contributed by atoms with van der Waals surface area (Å²) in [5.74, 6) is 0.994. The van der Waals surface area contributed by atoms with Crippen molar-refractivity contribution in [2.75, 3.05) is 19.6 Å². The molecular formula is C16H34FN. The van der Waals surface area contributed by atoms with Crippen LogP contribution in [0.15, 0.2) is 0 Å². The van der Waals surface area contributed by atoms with Gasteiger partial charge in [0.2, 0.25) is 0 Å². The summed E-state index contributed by atoms with van der Waals surface area (Å²) in [6.07, 6.45) is 14.4. The molecule has 1 nitrogen and oxygen atoms in total. The first-order valence-corrected chi connectivity index (χ1v) is 8.09. The third-order valence-corrected chi connectivity index (χ3v) is 4.26. The van der Waals surface area contributed by atoms with Gasteiger partial charge in [-0.3, -0.25) is 4.70 Å². The van der Waals surface area contributed by atoms with E-state index in [1.807, 2.05) is 0 Å². The molecule has 0 amide bonds. The molecule has 0 aromatic heterocycles. The lowest BCUT2D eigenvalue weighted by Gasteiger charge is -2.32. The average Bonchev–Trinajstić information content (AvgIpc) is 2.38. The zero-order valence-corrected chi connectivity index (χ0v) is 12.6. The number of nitrogens with zero attached hydrogens (tertiary/aromatic N) is 1. The van der Waals surface area contributed by atoms with E-state index >= 15 is 0 Å². The van der Waals surface area contributed by atoms with Crippen LogP contribution in [0.2, 0.25) is 0 Å². The molecule has 18 heavy (non-hydrogen) atoms. The van der Waals surface area contributed by atoms with Crippen molar-refractivity contribution in [1.29, 1.82) is 0 Å². The van der Waals surface area contributed by atoms with Crippen molar-refractivity contribution in [3.63, 3.8) is 0 Å². The van der Waals surface area contributed by atoms with Gasteiger partial charge in [0.1, 0.15) is 0 Å². The Kier molecular flexibility index (Phi) is 11.9. The number of halogens is 1. The number of hydrogen-bond donors (Lipinski definition) is 0. The minimum absolute atomic E-state index is 0. The monoisotopic (exact) mass is 259 g/mol. The van der Waals surface area contributed by atoms with E-state index in [1.54, 1.807) is 0 Å². The van der Waals surface area contributed by atoms with Gasteiger partial charge in [-0.1, -0.05) is 58.8 Å². The SMILES string of the molecule is CCCCCCCCCN1CCCC(CC)C1.F. The number of rotatable bonds is 9. The number of hydrogen-bond acceptors (Lipinski definition) is 1. The maximum absolute atomic E-state index is 2.71. The van der Waals surface area contributed by atoms with Gasteiger partial charge in [0, 0.05) is 6.54 Å². The van der Waals surface area contributed by atoms with E-state index < -0.39 is 0 Å². The summed E-state index contributed by atoms with van der Waals surface area (Å²) < 4.78 is 0. The lowest BCUT2D eigenvalue weighted by molar-refractivity contribution is 0.169. The van der Waals surface area contributed by atoms with Crippen LogP contribution in [-0.2, 0) is 0 Å². The summed E-state index contributed by atoms with van der Waals surface area (Å²) in [5.41, 5.74) is 0. The molecule has 1 atom stereocenters. The Morgan fingerprint density at radius 3 is 2.28 bits per heavy atom. The van der Waals surface area contributed by atoms with Gasteiger partial charge in [-0.15, -0.1) is 0 Å². The second-order valence-corrected chi connectivity index (χ2v) is 5.84. The summed E-state index contributed by atoms with van der Waals surface area (Å²) in [6.45, 7) is 8.76. The topological polar surface area (TPSA) is 3.24 Å². The third kappa shape index (κ3) is 8.07. The van der Waals surface area contributed by atoms with E-state index in [9.17, 15) is 0 Å². The fourth-order valence-corrected chi connectivity index (χ4v) is 2.98. The van der Waals surface area contributed by atoms with Crippen molar-refractivity contribution >= 4 is 0 Å². The summed E-state index contributed by atoms with van der Waals surface area (Å²) in [4.78, 5) is 2.71. The maximum atomic E-state index is 2.71. The summed E-state index contributed by atoms with van der Waals surface area (Å²) in [7, 11) is 0. The van der Waals surface area contributed by atoms with Gasteiger partial charge in [0.05, 0.1) is 0 Å². The molecule has 1 fully saturated rings. The first-order chi connectivity index (χ1) is 8.36. The van der Waals surface area contributed by atoms with Crippen LogP contribution in [-0.4, -0.2) is 24.5 Å². The van der Waals surface area contributed by atoms with Crippen LogP contribution < -0.4 is 0 Å². The molecule has 1 unspecified atom stereocenters. The molecule has 0 N–H and O–H groups in total. The lowest BCUT2D eigenvalue weighted by atomic mass is 9.95. The summed E-state index contributed by atoms with van der Waals surface area (Å²) in [5, 5.41) is 0. The van der Waals surface area contributed by atoms with Gasteiger partial charge in [-0.2, -0.15) is 0 Å². The second-order valence-electron chi connectivity index (χ2n) is 5.84. The van der Waals surface area contributed by atoms with Gasteiger partial charge in [-0.25, -0.2) is 0 Å². The fourth-order valence-electron chi connectivity index (χ4n) is 2.98. The predicted molar refractivity (Wildman–Crippen MR) is 80.0 cm³/mol. The minimum atomic E-state index is 0. The van der Waals surface area contributed by atoms with Crippen LogP contribution >= 0.6 is 0 Å². The average molecular weight is 259 g/mol. The molecule has 1 aliphatic rings. The molecule has 1 saturated heterocycles. The predicted octanol–water partition coefficient (Wildman–Crippen LogP) is 5.01. The van der Waals surface area contributed by atoms with Gasteiger partial charge >= 0.3 is 0 Å². The highest BCUT2D eigenvalue weighted by Gasteiger charge is 2.17. The quantitative estimate of drug-likeness (QED) is 0.526. The molecule has 0 spiro atoms. The lowest BCUT2D eigenvalue weighted by Crippen LogP contribution is -2.35. The Morgan fingerprint density at radius 1 is 0.944 bits per heavy atom. The smallest absolute Gasteiger partial charge is 0.000956 e. The normalized spacial score (nSPS) is 20.7. The standard InChI is InChI=1S/C16H33N.FH/c1-3-5-6-7-8-9-10-13-17-14-11-12-16(4-2)15-17;/h16H,3-15H2,1-2H3;1H. The van der Waals surface area contributed by atoms with Crippen LogP contribution in [0.25, 0.3) is 0 Å². The van der Waals surface area contributed by atoms with Crippen molar-refractivity contribution in [3.05, 3.63) is 0 Å². The maximum Gasteiger partial charge on any atom is 0.000956 e. The molecule has 2 heteroatoms. The van der Waals surface area contributed by atoms with Crippen LogP contribution in [0, 0.1) is 5.92 Å². The zero-order valence-electron chi connectivity index (χ0n) is 12.6. The van der Waals surface area contributed by atoms with Gasteiger partial charge in [0.25, 0.3) is 0 Å². The Hall–Kier alpha value is -0.110. The van der Waals surface area contributed by atoms with Crippen molar-refractivity contribution in [3.8, 4) is 0 Å². The number of piperidine rings is 1. The van der Waals surface area contributed by atoms with Crippen molar-refractivity contribution in [1.82, 2.24) is 4.90 Å². The van der Waals surface area contributed by atoms with Crippen molar-refractivity contribution in [2.24, 2.45) is 5.92 Å². The van der Waals surface area contributed by atoms with Gasteiger partial charge in [-0.05, 0) is 38.3 Å². The third-order valence-electron chi connectivity index (χ3n) is 4.26. The van der Waals surface area contributed by atoms with Crippen molar-refractivity contribution in [2.45, 2.75) is 78.1 Å². The van der Waals surface area contributed by atoms with Crippen LogP contribution in [0.4, 0.5) is 4.70 Å². The molecular weight excluding hydrogens is 225 g/mol. The Bertz CT molecular complexity index is 172. The summed E-state index contributed by atoms with van der Waals surface area (Å²) >= 11 is 0. The van der Waals surface area contributed by atoms with Gasteiger partial charge in [0.15, 0.2) is 0 Å². The van der Waals surface area contributed by atoms with Crippen molar-refractivity contribution < 1.29 is 4.70 Å². The molecule has 110 valence electrons. The van der Waals surface area contributed by atoms with E-state index in [4.69, 9.17) is 0 Å². The Balaban J connectivity index is 0.00000289. The van der Waals surface area contributed by atoms with E-state index in [0.29, 0.717) is 0 Å². The van der Waals surface area contributed by atoms with E-state index in [0.717, 1.165) is 5.92 Å².